The van der Waals surface area contributed by atoms with E-state index in [1.165, 1.54) is 28.6 Å². The lowest BCUT2D eigenvalue weighted by Crippen LogP contribution is -2.29. The number of nitrogens with zero attached hydrogens (tertiary/aromatic N) is 1. The molecular formula is C15H16N2O4S2. The maximum Gasteiger partial charge on any atom is 0.264 e. The Balaban J connectivity index is 2.04. The van der Waals surface area contributed by atoms with E-state index in [0.29, 0.717) is 12.2 Å². The SMILES string of the molecule is CC1CN(S(=O)(=O)c2ccc(S(N)(=O)=O)cc2)c2ccccc21. The van der Waals surface area contributed by atoms with Crippen LogP contribution in [0.15, 0.2) is 58.3 Å². The van der Waals surface area contributed by atoms with E-state index in [0.717, 1.165) is 5.56 Å². The molecule has 8 heteroatoms. The van der Waals surface area contributed by atoms with Crippen molar-refractivity contribution in [3.8, 4) is 0 Å². The zero-order valence-electron chi connectivity index (χ0n) is 12.4. The summed E-state index contributed by atoms with van der Waals surface area (Å²) in [5.41, 5.74) is 1.65. The lowest BCUT2D eigenvalue weighted by Gasteiger charge is -2.20. The average molecular weight is 352 g/mol. The number of anilines is 1. The maximum atomic E-state index is 12.8. The molecule has 0 radical (unpaired) electrons. The summed E-state index contributed by atoms with van der Waals surface area (Å²) in [7, 11) is -7.60. The molecule has 0 amide bonds. The van der Waals surface area contributed by atoms with Crippen molar-refractivity contribution >= 4 is 25.7 Å². The molecule has 6 nitrogen and oxygen atoms in total. The van der Waals surface area contributed by atoms with Gasteiger partial charge in [0, 0.05) is 12.5 Å². The molecule has 1 unspecified atom stereocenters. The molecular weight excluding hydrogens is 336 g/mol. The van der Waals surface area contributed by atoms with Crippen molar-refractivity contribution in [1.29, 1.82) is 0 Å². The van der Waals surface area contributed by atoms with Gasteiger partial charge in [0.2, 0.25) is 10.0 Å². The first-order valence-corrected chi connectivity index (χ1v) is 9.94. The molecule has 0 aromatic heterocycles. The lowest BCUT2D eigenvalue weighted by molar-refractivity contribution is 0.589. The summed E-state index contributed by atoms with van der Waals surface area (Å²) in [5.74, 6) is 0.102. The third kappa shape index (κ3) is 2.73. The molecule has 2 aromatic rings. The van der Waals surface area contributed by atoms with Crippen molar-refractivity contribution in [2.45, 2.75) is 22.6 Å². The number of para-hydroxylation sites is 1. The second-order valence-electron chi connectivity index (χ2n) is 5.51. The standard InChI is InChI=1S/C15H16N2O4S2/c1-11-10-17(15-5-3-2-4-14(11)15)23(20,21)13-8-6-12(7-9-13)22(16,18)19/h2-9,11H,10H2,1H3,(H2,16,18,19). The molecule has 1 aliphatic rings. The Morgan fingerprint density at radius 1 is 0.957 bits per heavy atom. The minimum atomic E-state index is -3.85. The van der Waals surface area contributed by atoms with Crippen LogP contribution in [-0.2, 0) is 20.0 Å². The van der Waals surface area contributed by atoms with Gasteiger partial charge in [0.1, 0.15) is 0 Å². The summed E-state index contributed by atoms with van der Waals surface area (Å²) in [5, 5.41) is 5.03. The van der Waals surface area contributed by atoms with E-state index < -0.39 is 20.0 Å². The molecule has 2 N–H and O–H groups in total. The highest BCUT2D eigenvalue weighted by Gasteiger charge is 2.34. The van der Waals surface area contributed by atoms with Crippen molar-refractivity contribution in [1.82, 2.24) is 0 Å². The fourth-order valence-corrected chi connectivity index (χ4v) is 4.83. The van der Waals surface area contributed by atoms with Crippen LogP contribution in [-0.4, -0.2) is 23.4 Å². The summed E-state index contributed by atoms with van der Waals surface area (Å²) in [4.78, 5) is -0.0829. The number of fused-ring (bicyclic) bond motifs is 1. The van der Waals surface area contributed by atoms with E-state index >= 15 is 0 Å². The molecule has 0 fully saturated rings. The van der Waals surface area contributed by atoms with Crippen LogP contribution in [0, 0.1) is 0 Å². The summed E-state index contributed by atoms with van der Waals surface area (Å²) in [6.07, 6.45) is 0. The van der Waals surface area contributed by atoms with Gasteiger partial charge in [-0.1, -0.05) is 25.1 Å². The first kappa shape index (κ1) is 16.0. The molecule has 0 saturated carbocycles. The Hall–Kier alpha value is -1.90. The maximum absolute atomic E-state index is 12.8. The molecule has 1 aliphatic heterocycles. The number of hydrogen-bond acceptors (Lipinski definition) is 4. The largest absolute Gasteiger partial charge is 0.265 e. The minimum absolute atomic E-state index is 0.0359. The van der Waals surface area contributed by atoms with Crippen LogP contribution in [0.5, 0.6) is 0 Å². The number of primary sulfonamides is 1. The normalized spacial score (nSPS) is 18.0. The third-order valence-corrected chi connectivity index (χ3v) is 6.64. The van der Waals surface area contributed by atoms with E-state index in [1.807, 2.05) is 19.1 Å². The Labute approximate surface area is 135 Å². The van der Waals surface area contributed by atoms with Gasteiger partial charge >= 0.3 is 0 Å². The highest BCUT2D eigenvalue weighted by Crippen LogP contribution is 2.39. The Kier molecular flexibility index (Phi) is 3.70. The van der Waals surface area contributed by atoms with Gasteiger partial charge in [-0.3, -0.25) is 4.31 Å². The van der Waals surface area contributed by atoms with Crippen molar-refractivity contribution in [3.63, 3.8) is 0 Å². The first-order valence-electron chi connectivity index (χ1n) is 6.96. The van der Waals surface area contributed by atoms with Gasteiger partial charge in [-0.15, -0.1) is 0 Å². The molecule has 1 atom stereocenters. The molecule has 0 spiro atoms. The molecule has 2 aromatic carbocycles. The number of nitrogens with two attached hydrogens (primary N) is 1. The zero-order chi connectivity index (χ0) is 16.8. The number of rotatable bonds is 3. The minimum Gasteiger partial charge on any atom is -0.265 e. The summed E-state index contributed by atoms with van der Waals surface area (Å²) < 4.78 is 49.6. The Morgan fingerprint density at radius 3 is 2.13 bits per heavy atom. The van der Waals surface area contributed by atoms with Gasteiger partial charge in [0.05, 0.1) is 15.5 Å². The third-order valence-electron chi connectivity index (χ3n) is 3.92. The van der Waals surface area contributed by atoms with E-state index in [4.69, 9.17) is 5.14 Å². The van der Waals surface area contributed by atoms with Crippen molar-refractivity contribution in [2.75, 3.05) is 10.8 Å². The fourth-order valence-electron chi connectivity index (χ4n) is 2.73. The molecule has 23 heavy (non-hydrogen) atoms. The topological polar surface area (TPSA) is 97.5 Å². The number of sulfonamides is 2. The zero-order valence-corrected chi connectivity index (χ0v) is 14.0. The first-order chi connectivity index (χ1) is 10.7. The molecule has 0 aliphatic carbocycles. The predicted octanol–water partition coefficient (Wildman–Crippen LogP) is 1.65. The van der Waals surface area contributed by atoms with Gasteiger partial charge < -0.3 is 0 Å². The van der Waals surface area contributed by atoms with E-state index in [9.17, 15) is 16.8 Å². The molecule has 0 bridgehead atoms. The monoisotopic (exact) mass is 352 g/mol. The smallest absolute Gasteiger partial charge is 0.264 e. The number of hydrogen-bond donors (Lipinski definition) is 1. The van der Waals surface area contributed by atoms with Crippen LogP contribution < -0.4 is 9.44 Å². The van der Waals surface area contributed by atoms with Gasteiger partial charge in [-0.25, -0.2) is 22.0 Å². The van der Waals surface area contributed by atoms with Crippen LogP contribution in [0.3, 0.4) is 0 Å². The van der Waals surface area contributed by atoms with Crippen LogP contribution in [0.2, 0.25) is 0 Å². The fraction of sp³-hybridized carbons (Fsp3) is 0.200. The quantitative estimate of drug-likeness (QED) is 0.908. The van der Waals surface area contributed by atoms with Crippen molar-refractivity contribution in [3.05, 3.63) is 54.1 Å². The van der Waals surface area contributed by atoms with Crippen LogP contribution in [0.1, 0.15) is 18.4 Å². The molecule has 3 rings (SSSR count). The molecule has 122 valence electrons. The van der Waals surface area contributed by atoms with E-state index in [2.05, 4.69) is 0 Å². The van der Waals surface area contributed by atoms with E-state index in [-0.39, 0.29) is 15.7 Å². The van der Waals surface area contributed by atoms with Gasteiger partial charge in [-0.05, 0) is 35.9 Å². The van der Waals surface area contributed by atoms with Crippen LogP contribution >= 0.6 is 0 Å². The second kappa shape index (κ2) is 5.33. The highest BCUT2D eigenvalue weighted by molar-refractivity contribution is 7.93. The summed E-state index contributed by atoms with van der Waals surface area (Å²) in [6, 6.07) is 12.3. The van der Waals surface area contributed by atoms with Crippen LogP contribution in [0.25, 0.3) is 0 Å². The molecule has 0 saturated heterocycles. The van der Waals surface area contributed by atoms with Gasteiger partial charge in [0.25, 0.3) is 10.0 Å². The second-order valence-corrected chi connectivity index (χ2v) is 8.94. The van der Waals surface area contributed by atoms with Crippen molar-refractivity contribution in [2.24, 2.45) is 5.14 Å². The van der Waals surface area contributed by atoms with E-state index in [1.54, 1.807) is 12.1 Å². The summed E-state index contributed by atoms with van der Waals surface area (Å²) in [6.45, 7) is 2.33. The number of benzene rings is 2. The highest BCUT2D eigenvalue weighted by atomic mass is 32.2. The average Bonchev–Trinajstić information content (AvgIpc) is 2.85. The van der Waals surface area contributed by atoms with Gasteiger partial charge in [-0.2, -0.15) is 0 Å². The summed E-state index contributed by atoms with van der Waals surface area (Å²) >= 11 is 0. The predicted molar refractivity (Wildman–Crippen MR) is 87.2 cm³/mol. The Morgan fingerprint density at radius 2 is 1.52 bits per heavy atom. The molecule has 1 heterocycles. The van der Waals surface area contributed by atoms with Gasteiger partial charge in [0.15, 0.2) is 0 Å². The Bertz CT molecular complexity index is 951. The van der Waals surface area contributed by atoms with Crippen molar-refractivity contribution < 1.29 is 16.8 Å². The van der Waals surface area contributed by atoms with Crippen LogP contribution in [0.4, 0.5) is 5.69 Å². The lowest BCUT2D eigenvalue weighted by atomic mass is 10.0.